The smallest absolute Gasteiger partial charge is 0.356 e. The first-order valence-electron chi connectivity index (χ1n) is 5.17. The van der Waals surface area contributed by atoms with Crippen LogP contribution in [-0.2, 0) is 7.05 Å². The van der Waals surface area contributed by atoms with E-state index in [-0.39, 0.29) is 11.4 Å². The molecule has 1 heterocycles. The molecule has 0 saturated carbocycles. The molecule has 0 atom stereocenters. The second-order valence-corrected chi connectivity index (χ2v) is 4.61. The van der Waals surface area contributed by atoms with Crippen molar-refractivity contribution in [3.63, 3.8) is 0 Å². The zero-order valence-corrected chi connectivity index (χ0v) is 10.7. The van der Waals surface area contributed by atoms with Crippen LogP contribution in [0.4, 0.5) is 0 Å². The molecular formula is C12H12N2O3S. The van der Waals surface area contributed by atoms with Gasteiger partial charge in [-0.3, -0.25) is 4.68 Å². The molecule has 94 valence electrons. The molecule has 1 aromatic heterocycles. The predicted molar refractivity (Wildman–Crippen MR) is 69.0 cm³/mol. The van der Waals surface area contributed by atoms with Gasteiger partial charge in [0.05, 0.1) is 5.69 Å². The molecule has 0 radical (unpaired) electrons. The quantitative estimate of drug-likeness (QED) is 0.831. The van der Waals surface area contributed by atoms with Gasteiger partial charge in [-0.15, -0.1) is 11.8 Å². The van der Waals surface area contributed by atoms with Crippen molar-refractivity contribution in [1.29, 1.82) is 0 Å². The largest absolute Gasteiger partial charge is 0.507 e. The minimum Gasteiger partial charge on any atom is -0.507 e. The van der Waals surface area contributed by atoms with Crippen molar-refractivity contribution < 1.29 is 15.0 Å². The van der Waals surface area contributed by atoms with Crippen LogP contribution in [0.25, 0.3) is 11.3 Å². The number of thioether (sulfide) groups is 1. The molecular weight excluding hydrogens is 252 g/mol. The molecule has 0 saturated heterocycles. The molecule has 2 aromatic rings. The van der Waals surface area contributed by atoms with Gasteiger partial charge in [0.25, 0.3) is 0 Å². The monoisotopic (exact) mass is 264 g/mol. The lowest BCUT2D eigenvalue weighted by atomic mass is 10.1. The lowest BCUT2D eigenvalue weighted by Gasteiger charge is -2.06. The van der Waals surface area contributed by atoms with Crippen molar-refractivity contribution in [2.75, 3.05) is 6.26 Å². The summed E-state index contributed by atoms with van der Waals surface area (Å²) in [6, 6.07) is 6.71. The predicted octanol–water partition coefficient (Wildman–Crippen LogP) is 2.21. The van der Waals surface area contributed by atoms with Crippen LogP contribution >= 0.6 is 11.8 Å². The summed E-state index contributed by atoms with van der Waals surface area (Å²) in [5.41, 5.74) is 1.09. The fourth-order valence-corrected chi connectivity index (χ4v) is 2.11. The summed E-state index contributed by atoms with van der Waals surface area (Å²) in [5.74, 6) is -0.973. The first-order chi connectivity index (χ1) is 8.52. The number of hydrogen-bond acceptors (Lipinski definition) is 4. The topological polar surface area (TPSA) is 75.3 Å². The number of aromatic nitrogens is 2. The van der Waals surface area contributed by atoms with E-state index in [2.05, 4.69) is 5.10 Å². The Balaban J connectivity index is 2.51. The fourth-order valence-electron chi connectivity index (χ4n) is 1.68. The van der Waals surface area contributed by atoms with Gasteiger partial charge in [0, 0.05) is 17.5 Å². The van der Waals surface area contributed by atoms with Crippen LogP contribution in [0.1, 0.15) is 10.5 Å². The average molecular weight is 264 g/mol. The summed E-state index contributed by atoms with van der Waals surface area (Å²) in [4.78, 5) is 11.8. The molecule has 5 nitrogen and oxygen atoms in total. The van der Waals surface area contributed by atoms with E-state index >= 15 is 0 Å². The normalized spacial score (nSPS) is 10.6. The molecule has 2 N–H and O–H groups in total. The average Bonchev–Trinajstić information content (AvgIpc) is 2.71. The van der Waals surface area contributed by atoms with Gasteiger partial charge >= 0.3 is 5.97 Å². The maximum atomic E-state index is 10.8. The number of phenols is 1. The first-order valence-corrected chi connectivity index (χ1v) is 6.40. The minimum absolute atomic E-state index is 0.0409. The highest BCUT2D eigenvalue weighted by Gasteiger charge is 2.15. The van der Waals surface area contributed by atoms with Crippen LogP contribution in [-0.4, -0.2) is 32.2 Å². The second-order valence-electron chi connectivity index (χ2n) is 3.73. The lowest BCUT2D eigenvalue weighted by Crippen LogP contribution is -1.99. The second kappa shape index (κ2) is 4.73. The Morgan fingerprint density at radius 3 is 2.61 bits per heavy atom. The number of aromatic carboxylic acids is 1. The van der Waals surface area contributed by atoms with E-state index in [4.69, 9.17) is 5.11 Å². The lowest BCUT2D eigenvalue weighted by molar-refractivity contribution is 0.0689. The van der Waals surface area contributed by atoms with E-state index < -0.39 is 5.97 Å². The molecule has 6 heteroatoms. The summed E-state index contributed by atoms with van der Waals surface area (Å²) in [7, 11) is 1.64. The Kier molecular flexibility index (Phi) is 3.29. The van der Waals surface area contributed by atoms with Crippen LogP contribution in [0, 0.1) is 0 Å². The van der Waals surface area contributed by atoms with E-state index in [9.17, 15) is 9.90 Å². The number of carboxylic acids is 1. The zero-order valence-electron chi connectivity index (χ0n) is 9.91. The van der Waals surface area contributed by atoms with Gasteiger partial charge < -0.3 is 10.2 Å². The van der Waals surface area contributed by atoms with Crippen LogP contribution in [0.3, 0.4) is 0 Å². The standard InChI is InChI=1S/C12H12N2O3S/c1-14-10(6-9(13-14)12(16)17)8-4-3-7(18-2)5-11(8)15/h3-6,15H,1-2H3,(H,16,17). The molecule has 0 aliphatic heterocycles. The Labute approximate surface area is 108 Å². The molecule has 0 aliphatic carbocycles. The van der Waals surface area contributed by atoms with Crippen molar-refractivity contribution in [3.05, 3.63) is 30.0 Å². The summed E-state index contributed by atoms with van der Waals surface area (Å²) < 4.78 is 1.44. The van der Waals surface area contributed by atoms with Gasteiger partial charge in [0.1, 0.15) is 5.75 Å². The van der Waals surface area contributed by atoms with Crippen LogP contribution in [0.5, 0.6) is 5.75 Å². The molecule has 0 bridgehead atoms. The SMILES string of the molecule is CSc1ccc(-c2cc(C(=O)O)nn2C)c(O)c1. The highest BCUT2D eigenvalue weighted by atomic mass is 32.2. The molecule has 1 aromatic carbocycles. The number of phenolic OH excluding ortho intramolecular Hbond substituents is 1. The Morgan fingerprint density at radius 2 is 2.11 bits per heavy atom. The number of aromatic hydroxyl groups is 1. The number of hydrogen-bond donors (Lipinski definition) is 2. The minimum atomic E-state index is -1.09. The van der Waals surface area contributed by atoms with E-state index in [1.807, 2.05) is 12.3 Å². The fraction of sp³-hybridized carbons (Fsp3) is 0.167. The molecule has 0 spiro atoms. The number of aryl methyl sites for hydroxylation is 1. The van der Waals surface area contributed by atoms with E-state index in [1.54, 1.807) is 19.2 Å². The third-order valence-electron chi connectivity index (χ3n) is 2.58. The summed E-state index contributed by atoms with van der Waals surface area (Å²) in [5, 5.41) is 22.7. The summed E-state index contributed by atoms with van der Waals surface area (Å²) >= 11 is 1.52. The van der Waals surface area contributed by atoms with Gasteiger partial charge in [-0.25, -0.2) is 4.79 Å². The number of rotatable bonds is 3. The Bertz CT molecular complexity index is 607. The number of nitrogens with zero attached hydrogens (tertiary/aromatic N) is 2. The Morgan fingerprint density at radius 1 is 1.39 bits per heavy atom. The van der Waals surface area contributed by atoms with E-state index in [1.165, 1.54) is 22.5 Å². The van der Waals surface area contributed by atoms with Crippen molar-refractivity contribution in [3.8, 4) is 17.0 Å². The van der Waals surface area contributed by atoms with Crippen LogP contribution < -0.4 is 0 Å². The summed E-state index contributed by atoms with van der Waals surface area (Å²) in [6.07, 6.45) is 1.92. The van der Waals surface area contributed by atoms with Gasteiger partial charge in [0.15, 0.2) is 5.69 Å². The third-order valence-corrected chi connectivity index (χ3v) is 3.31. The number of benzene rings is 1. The van der Waals surface area contributed by atoms with Gasteiger partial charge in [-0.05, 0) is 30.5 Å². The van der Waals surface area contributed by atoms with E-state index in [0.29, 0.717) is 11.3 Å². The van der Waals surface area contributed by atoms with Crippen molar-refractivity contribution in [2.45, 2.75) is 4.90 Å². The first kappa shape index (κ1) is 12.5. The highest BCUT2D eigenvalue weighted by molar-refractivity contribution is 7.98. The number of carboxylic acid groups (broad SMARTS) is 1. The van der Waals surface area contributed by atoms with E-state index in [0.717, 1.165) is 4.90 Å². The maximum Gasteiger partial charge on any atom is 0.356 e. The molecule has 18 heavy (non-hydrogen) atoms. The summed E-state index contributed by atoms with van der Waals surface area (Å²) in [6.45, 7) is 0. The molecule has 0 unspecified atom stereocenters. The van der Waals surface area contributed by atoms with Crippen LogP contribution in [0.2, 0.25) is 0 Å². The molecule has 0 fully saturated rings. The maximum absolute atomic E-state index is 10.8. The van der Waals surface area contributed by atoms with Gasteiger partial charge in [-0.1, -0.05) is 0 Å². The Hall–Kier alpha value is -1.95. The van der Waals surface area contributed by atoms with Crippen molar-refractivity contribution in [1.82, 2.24) is 9.78 Å². The third kappa shape index (κ3) is 2.19. The van der Waals surface area contributed by atoms with Crippen LogP contribution in [0.15, 0.2) is 29.2 Å². The highest BCUT2D eigenvalue weighted by Crippen LogP contribution is 2.32. The molecule has 0 amide bonds. The molecule has 0 aliphatic rings. The molecule has 2 rings (SSSR count). The van der Waals surface area contributed by atoms with Gasteiger partial charge in [0.2, 0.25) is 0 Å². The van der Waals surface area contributed by atoms with Crippen molar-refractivity contribution >= 4 is 17.7 Å². The van der Waals surface area contributed by atoms with Crippen molar-refractivity contribution in [2.24, 2.45) is 7.05 Å². The number of carbonyl (C=O) groups is 1. The zero-order chi connectivity index (χ0) is 13.3. The van der Waals surface area contributed by atoms with Gasteiger partial charge in [-0.2, -0.15) is 5.10 Å².